The molecule has 2 heteroatoms. The second-order valence-corrected chi connectivity index (χ2v) is 4.64. The van der Waals surface area contributed by atoms with Gasteiger partial charge in [-0.1, -0.05) is 20.3 Å². The highest BCUT2D eigenvalue weighted by molar-refractivity contribution is 4.78. The van der Waals surface area contributed by atoms with Gasteiger partial charge in [0.15, 0.2) is 0 Å². The summed E-state index contributed by atoms with van der Waals surface area (Å²) in [5.74, 6) is 1.30. The molecule has 0 heterocycles. The minimum absolute atomic E-state index is 0.0356. The highest BCUT2D eigenvalue weighted by Gasteiger charge is 2.24. The van der Waals surface area contributed by atoms with Crippen molar-refractivity contribution in [1.82, 2.24) is 5.32 Å². The van der Waals surface area contributed by atoms with E-state index in [0.717, 1.165) is 25.4 Å². The van der Waals surface area contributed by atoms with E-state index in [-0.39, 0.29) is 6.10 Å². The molecule has 0 bridgehead atoms. The molecule has 1 fully saturated rings. The molecule has 1 aliphatic rings. The maximum atomic E-state index is 9.56. The van der Waals surface area contributed by atoms with Crippen molar-refractivity contribution in [2.24, 2.45) is 11.8 Å². The lowest BCUT2D eigenvalue weighted by Crippen LogP contribution is -2.28. The fourth-order valence-corrected chi connectivity index (χ4v) is 1.93. The van der Waals surface area contributed by atoms with E-state index >= 15 is 0 Å². The van der Waals surface area contributed by atoms with Crippen LogP contribution < -0.4 is 5.32 Å². The van der Waals surface area contributed by atoms with Crippen molar-refractivity contribution in [2.45, 2.75) is 45.6 Å². The first kappa shape index (κ1) is 11.0. The highest BCUT2D eigenvalue weighted by atomic mass is 16.3. The normalized spacial score (nSPS) is 28.6. The van der Waals surface area contributed by atoms with Crippen LogP contribution in [0.5, 0.6) is 0 Å². The fourth-order valence-electron chi connectivity index (χ4n) is 1.93. The van der Waals surface area contributed by atoms with Gasteiger partial charge in [-0.3, -0.25) is 0 Å². The third-order valence-corrected chi connectivity index (χ3v) is 2.92. The van der Waals surface area contributed by atoms with Gasteiger partial charge in [0.2, 0.25) is 0 Å². The van der Waals surface area contributed by atoms with Gasteiger partial charge >= 0.3 is 0 Å². The Balaban J connectivity index is 1.99. The Morgan fingerprint density at radius 1 is 1.38 bits per heavy atom. The molecule has 0 aliphatic heterocycles. The van der Waals surface area contributed by atoms with Crippen LogP contribution in [0.1, 0.15) is 39.5 Å². The Morgan fingerprint density at radius 2 is 2.15 bits per heavy atom. The molecule has 0 aromatic heterocycles. The average Bonchev–Trinajstić information content (AvgIpc) is 2.45. The van der Waals surface area contributed by atoms with Crippen molar-refractivity contribution < 1.29 is 5.11 Å². The Kier molecular flexibility index (Phi) is 4.74. The predicted molar refractivity (Wildman–Crippen MR) is 55.7 cm³/mol. The molecule has 0 aromatic carbocycles. The zero-order valence-corrected chi connectivity index (χ0v) is 8.92. The summed E-state index contributed by atoms with van der Waals surface area (Å²) in [5.41, 5.74) is 0. The molecule has 1 rings (SSSR count). The zero-order chi connectivity index (χ0) is 9.68. The third-order valence-electron chi connectivity index (χ3n) is 2.92. The standard InChI is InChI=1S/C11H23NO/c1-9(2)6-7-12-8-10-4-3-5-11(10)13/h9-13H,3-8H2,1-2H3. The van der Waals surface area contributed by atoms with E-state index in [0.29, 0.717) is 5.92 Å². The average molecular weight is 185 g/mol. The summed E-state index contributed by atoms with van der Waals surface area (Å²) < 4.78 is 0. The summed E-state index contributed by atoms with van der Waals surface area (Å²) in [6, 6.07) is 0. The summed E-state index contributed by atoms with van der Waals surface area (Å²) in [4.78, 5) is 0. The molecule has 2 atom stereocenters. The second-order valence-electron chi connectivity index (χ2n) is 4.64. The lowest BCUT2D eigenvalue weighted by molar-refractivity contribution is 0.131. The van der Waals surface area contributed by atoms with E-state index < -0.39 is 0 Å². The number of hydrogen-bond acceptors (Lipinski definition) is 2. The second kappa shape index (κ2) is 5.61. The first-order chi connectivity index (χ1) is 6.20. The van der Waals surface area contributed by atoms with Crippen molar-refractivity contribution in [3.05, 3.63) is 0 Å². The van der Waals surface area contributed by atoms with Gasteiger partial charge in [0.05, 0.1) is 6.10 Å². The lowest BCUT2D eigenvalue weighted by Gasteiger charge is -2.15. The van der Waals surface area contributed by atoms with Crippen LogP contribution in [-0.4, -0.2) is 24.3 Å². The van der Waals surface area contributed by atoms with Crippen molar-refractivity contribution in [3.8, 4) is 0 Å². The van der Waals surface area contributed by atoms with Gasteiger partial charge in [0, 0.05) is 6.54 Å². The van der Waals surface area contributed by atoms with Gasteiger partial charge in [-0.2, -0.15) is 0 Å². The molecular formula is C11H23NO. The maximum absolute atomic E-state index is 9.56. The summed E-state index contributed by atoms with van der Waals surface area (Å²) in [5, 5.41) is 13.0. The van der Waals surface area contributed by atoms with Gasteiger partial charge in [-0.25, -0.2) is 0 Å². The van der Waals surface area contributed by atoms with Crippen LogP contribution in [0.25, 0.3) is 0 Å². The van der Waals surface area contributed by atoms with Crippen LogP contribution in [0.3, 0.4) is 0 Å². The van der Waals surface area contributed by atoms with Crippen LogP contribution in [0, 0.1) is 11.8 Å². The van der Waals surface area contributed by atoms with E-state index in [1.54, 1.807) is 0 Å². The van der Waals surface area contributed by atoms with Crippen LogP contribution >= 0.6 is 0 Å². The molecule has 2 nitrogen and oxygen atoms in total. The number of hydrogen-bond donors (Lipinski definition) is 2. The number of aliphatic hydroxyl groups excluding tert-OH is 1. The van der Waals surface area contributed by atoms with Crippen LogP contribution in [0.2, 0.25) is 0 Å². The van der Waals surface area contributed by atoms with E-state index in [2.05, 4.69) is 19.2 Å². The molecule has 1 aliphatic carbocycles. The van der Waals surface area contributed by atoms with Gasteiger partial charge in [-0.15, -0.1) is 0 Å². The smallest absolute Gasteiger partial charge is 0.0580 e. The largest absolute Gasteiger partial charge is 0.393 e. The monoisotopic (exact) mass is 185 g/mol. The molecule has 0 aromatic rings. The SMILES string of the molecule is CC(C)CCNCC1CCCC1O. The number of aliphatic hydroxyl groups is 1. The van der Waals surface area contributed by atoms with Crippen LogP contribution in [-0.2, 0) is 0 Å². The molecule has 0 radical (unpaired) electrons. The number of nitrogens with one attached hydrogen (secondary N) is 1. The third kappa shape index (κ3) is 4.10. The summed E-state index contributed by atoms with van der Waals surface area (Å²) in [6.45, 7) is 6.59. The Morgan fingerprint density at radius 3 is 2.69 bits per heavy atom. The van der Waals surface area contributed by atoms with Crippen molar-refractivity contribution in [2.75, 3.05) is 13.1 Å². The fraction of sp³-hybridized carbons (Fsp3) is 1.00. The molecule has 0 saturated heterocycles. The molecule has 0 amide bonds. The minimum atomic E-state index is -0.0356. The first-order valence-electron chi connectivity index (χ1n) is 5.59. The zero-order valence-electron chi connectivity index (χ0n) is 8.92. The maximum Gasteiger partial charge on any atom is 0.0580 e. The van der Waals surface area contributed by atoms with Gasteiger partial charge in [0.1, 0.15) is 0 Å². The highest BCUT2D eigenvalue weighted by Crippen LogP contribution is 2.24. The quantitative estimate of drug-likeness (QED) is 0.640. The molecule has 2 N–H and O–H groups in total. The van der Waals surface area contributed by atoms with E-state index in [1.165, 1.54) is 19.3 Å². The van der Waals surface area contributed by atoms with Crippen molar-refractivity contribution >= 4 is 0 Å². The number of rotatable bonds is 5. The van der Waals surface area contributed by atoms with E-state index in [9.17, 15) is 5.11 Å². The molecular weight excluding hydrogens is 162 g/mol. The Bertz CT molecular complexity index is 136. The van der Waals surface area contributed by atoms with Gasteiger partial charge < -0.3 is 10.4 Å². The summed E-state index contributed by atoms with van der Waals surface area (Å²) in [6.07, 6.45) is 4.62. The van der Waals surface area contributed by atoms with Gasteiger partial charge in [-0.05, 0) is 37.6 Å². The molecule has 13 heavy (non-hydrogen) atoms. The molecule has 0 spiro atoms. The predicted octanol–water partition coefficient (Wildman–Crippen LogP) is 1.78. The molecule has 1 saturated carbocycles. The van der Waals surface area contributed by atoms with Crippen LogP contribution in [0.15, 0.2) is 0 Å². The molecule has 78 valence electrons. The van der Waals surface area contributed by atoms with Gasteiger partial charge in [0.25, 0.3) is 0 Å². The Hall–Kier alpha value is -0.0800. The van der Waals surface area contributed by atoms with Crippen molar-refractivity contribution in [1.29, 1.82) is 0 Å². The Labute approximate surface area is 81.7 Å². The van der Waals surface area contributed by atoms with E-state index in [4.69, 9.17) is 0 Å². The lowest BCUT2D eigenvalue weighted by atomic mass is 10.1. The molecule has 2 unspecified atom stereocenters. The summed E-state index contributed by atoms with van der Waals surface area (Å²) >= 11 is 0. The van der Waals surface area contributed by atoms with Crippen LogP contribution in [0.4, 0.5) is 0 Å². The topological polar surface area (TPSA) is 32.3 Å². The van der Waals surface area contributed by atoms with Crippen molar-refractivity contribution in [3.63, 3.8) is 0 Å². The minimum Gasteiger partial charge on any atom is -0.393 e. The first-order valence-corrected chi connectivity index (χ1v) is 5.59. The summed E-state index contributed by atoms with van der Waals surface area (Å²) in [7, 11) is 0. The van der Waals surface area contributed by atoms with E-state index in [1.807, 2.05) is 0 Å².